The normalized spacial score (nSPS) is 12.3. The van der Waals surface area contributed by atoms with E-state index < -0.39 is 0 Å². The SMILES string of the molecule is COc1cc(CNC[C@H](C)O)c(SC)cc1OC. The van der Waals surface area contributed by atoms with E-state index in [1.54, 1.807) is 32.9 Å². The number of methoxy groups -OCH3 is 2. The number of ether oxygens (including phenoxy) is 2. The molecule has 18 heavy (non-hydrogen) atoms. The smallest absolute Gasteiger partial charge is 0.161 e. The van der Waals surface area contributed by atoms with Gasteiger partial charge < -0.3 is 19.9 Å². The minimum Gasteiger partial charge on any atom is -0.493 e. The van der Waals surface area contributed by atoms with E-state index in [1.807, 2.05) is 18.4 Å². The molecular weight excluding hydrogens is 250 g/mol. The molecule has 0 saturated heterocycles. The Labute approximate surface area is 113 Å². The summed E-state index contributed by atoms with van der Waals surface area (Å²) in [4.78, 5) is 1.14. The molecule has 0 aliphatic rings. The second kappa shape index (κ2) is 7.51. The van der Waals surface area contributed by atoms with Gasteiger partial charge in [0.1, 0.15) is 0 Å². The van der Waals surface area contributed by atoms with Crippen molar-refractivity contribution >= 4 is 11.8 Å². The average molecular weight is 271 g/mol. The predicted octanol–water partition coefficient (Wildman–Crippen LogP) is 1.90. The van der Waals surface area contributed by atoms with E-state index in [-0.39, 0.29) is 6.10 Å². The molecule has 1 atom stereocenters. The number of hydrogen-bond donors (Lipinski definition) is 2. The molecule has 1 rings (SSSR count). The number of aliphatic hydroxyl groups is 1. The summed E-state index contributed by atoms with van der Waals surface area (Å²) in [7, 11) is 3.26. The third kappa shape index (κ3) is 4.08. The summed E-state index contributed by atoms with van der Waals surface area (Å²) in [6, 6.07) is 3.95. The van der Waals surface area contributed by atoms with Gasteiger partial charge in [0.05, 0.1) is 20.3 Å². The first-order valence-corrected chi connectivity index (χ1v) is 7.02. The summed E-state index contributed by atoms with van der Waals surface area (Å²) < 4.78 is 10.6. The molecule has 0 heterocycles. The summed E-state index contributed by atoms with van der Waals surface area (Å²) in [5.74, 6) is 1.46. The van der Waals surface area contributed by atoms with Crippen LogP contribution in [0.2, 0.25) is 0 Å². The van der Waals surface area contributed by atoms with Gasteiger partial charge in [-0.1, -0.05) is 0 Å². The van der Waals surface area contributed by atoms with Gasteiger partial charge in [-0.3, -0.25) is 0 Å². The van der Waals surface area contributed by atoms with E-state index in [2.05, 4.69) is 5.32 Å². The number of aliphatic hydroxyl groups excluding tert-OH is 1. The standard InChI is InChI=1S/C13H21NO3S/c1-9(15)7-14-8-10-5-11(16-2)12(17-3)6-13(10)18-4/h5-6,9,14-15H,7-8H2,1-4H3/t9-/m0/s1. The van der Waals surface area contributed by atoms with E-state index in [1.165, 1.54) is 0 Å². The number of rotatable bonds is 7. The fourth-order valence-electron chi connectivity index (χ4n) is 1.65. The second-order valence-corrected chi connectivity index (χ2v) is 4.85. The molecule has 0 bridgehead atoms. The number of hydrogen-bond acceptors (Lipinski definition) is 5. The minimum atomic E-state index is -0.345. The van der Waals surface area contributed by atoms with E-state index in [0.29, 0.717) is 13.1 Å². The molecule has 102 valence electrons. The lowest BCUT2D eigenvalue weighted by Crippen LogP contribution is -2.24. The number of thioether (sulfide) groups is 1. The van der Waals surface area contributed by atoms with Crippen LogP contribution >= 0.6 is 11.8 Å². The lowest BCUT2D eigenvalue weighted by molar-refractivity contribution is 0.191. The fourth-order valence-corrected chi connectivity index (χ4v) is 2.26. The van der Waals surface area contributed by atoms with Crippen molar-refractivity contribution in [2.75, 3.05) is 27.0 Å². The molecule has 0 fully saturated rings. The van der Waals surface area contributed by atoms with Crippen molar-refractivity contribution in [3.63, 3.8) is 0 Å². The van der Waals surface area contributed by atoms with Crippen molar-refractivity contribution in [1.29, 1.82) is 0 Å². The third-order valence-electron chi connectivity index (χ3n) is 2.54. The van der Waals surface area contributed by atoms with Gasteiger partial charge in [-0.25, -0.2) is 0 Å². The largest absolute Gasteiger partial charge is 0.493 e. The van der Waals surface area contributed by atoms with Gasteiger partial charge in [0.15, 0.2) is 11.5 Å². The van der Waals surface area contributed by atoms with Gasteiger partial charge in [-0.05, 0) is 30.9 Å². The first kappa shape index (κ1) is 15.1. The maximum Gasteiger partial charge on any atom is 0.161 e. The molecule has 4 nitrogen and oxygen atoms in total. The van der Waals surface area contributed by atoms with E-state index in [0.717, 1.165) is 22.0 Å². The Bertz CT molecular complexity index is 383. The highest BCUT2D eigenvalue weighted by atomic mass is 32.2. The molecular formula is C13H21NO3S. The molecule has 0 aliphatic heterocycles. The van der Waals surface area contributed by atoms with Crippen LogP contribution in [0.1, 0.15) is 12.5 Å². The highest BCUT2D eigenvalue weighted by Gasteiger charge is 2.10. The molecule has 5 heteroatoms. The Kier molecular flexibility index (Phi) is 6.32. The first-order valence-electron chi connectivity index (χ1n) is 5.80. The quantitative estimate of drug-likeness (QED) is 0.742. The van der Waals surface area contributed by atoms with Crippen LogP contribution in [-0.4, -0.2) is 38.2 Å². The number of nitrogens with one attached hydrogen (secondary N) is 1. The fraction of sp³-hybridized carbons (Fsp3) is 0.538. The highest BCUT2D eigenvalue weighted by Crippen LogP contribution is 2.34. The Morgan fingerprint density at radius 2 is 1.89 bits per heavy atom. The molecule has 0 aliphatic carbocycles. The zero-order valence-corrected chi connectivity index (χ0v) is 12.1. The van der Waals surface area contributed by atoms with Crippen LogP contribution in [0.3, 0.4) is 0 Å². The molecule has 0 spiro atoms. The van der Waals surface area contributed by atoms with Crippen molar-refractivity contribution < 1.29 is 14.6 Å². The molecule has 0 amide bonds. The first-order chi connectivity index (χ1) is 8.62. The molecule has 1 aromatic rings. The van der Waals surface area contributed by atoms with Gasteiger partial charge in [0.2, 0.25) is 0 Å². The van der Waals surface area contributed by atoms with Crippen LogP contribution in [0.15, 0.2) is 17.0 Å². The topological polar surface area (TPSA) is 50.7 Å². The second-order valence-electron chi connectivity index (χ2n) is 4.00. The van der Waals surface area contributed by atoms with Crippen molar-refractivity contribution in [3.8, 4) is 11.5 Å². The van der Waals surface area contributed by atoms with Crippen LogP contribution in [0.25, 0.3) is 0 Å². The van der Waals surface area contributed by atoms with Gasteiger partial charge in [0, 0.05) is 18.0 Å². The van der Waals surface area contributed by atoms with Crippen molar-refractivity contribution in [3.05, 3.63) is 17.7 Å². The van der Waals surface area contributed by atoms with Crippen molar-refractivity contribution in [2.45, 2.75) is 24.5 Å². The Morgan fingerprint density at radius 3 is 2.39 bits per heavy atom. The highest BCUT2D eigenvalue weighted by molar-refractivity contribution is 7.98. The van der Waals surface area contributed by atoms with Crippen LogP contribution in [-0.2, 0) is 6.54 Å². The lowest BCUT2D eigenvalue weighted by atomic mass is 10.2. The lowest BCUT2D eigenvalue weighted by Gasteiger charge is -2.14. The van der Waals surface area contributed by atoms with Crippen molar-refractivity contribution in [2.24, 2.45) is 0 Å². The van der Waals surface area contributed by atoms with Crippen molar-refractivity contribution in [1.82, 2.24) is 5.32 Å². The summed E-state index contributed by atoms with van der Waals surface area (Å²) in [5.41, 5.74) is 1.14. The summed E-state index contributed by atoms with van der Waals surface area (Å²) in [6.07, 6.45) is 1.68. The molecule has 0 unspecified atom stereocenters. The van der Waals surface area contributed by atoms with Gasteiger partial charge >= 0.3 is 0 Å². The zero-order chi connectivity index (χ0) is 13.5. The summed E-state index contributed by atoms with van der Waals surface area (Å²) >= 11 is 1.66. The summed E-state index contributed by atoms with van der Waals surface area (Å²) in [6.45, 7) is 3.03. The molecule has 2 N–H and O–H groups in total. The van der Waals surface area contributed by atoms with E-state index >= 15 is 0 Å². The molecule has 0 aromatic heterocycles. The summed E-state index contributed by atoms with van der Waals surface area (Å²) in [5, 5.41) is 12.4. The maximum absolute atomic E-state index is 9.23. The van der Waals surface area contributed by atoms with Crippen LogP contribution < -0.4 is 14.8 Å². The van der Waals surface area contributed by atoms with Crippen LogP contribution in [0, 0.1) is 0 Å². The minimum absolute atomic E-state index is 0.345. The van der Waals surface area contributed by atoms with Gasteiger partial charge in [0.25, 0.3) is 0 Å². The predicted molar refractivity (Wildman–Crippen MR) is 74.7 cm³/mol. The van der Waals surface area contributed by atoms with E-state index in [9.17, 15) is 5.11 Å². The van der Waals surface area contributed by atoms with E-state index in [4.69, 9.17) is 9.47 Å². The monoisotopic (exact) mass is 271 g/mol. The molecule has 1 aromatic carbocycles. The average Bonchev–Trinajstić information content (AvgIpc) is 2.37. The Morgan fingerprint density at radius 1 is 1.28 bits per heavy atom. The Balaban J connectivity index is 2.87. The van der Waals surface area contributed by atoms with Crippen LogP contribution in [0.4, 0.5) is 0 Å². The van der Waals surface area contributed by atoms with Gasteiger partial charge in [-0.15, -0.1) is 11.8 Å². The molecule has 0 radical (unpaired) electrons. The Hall–Kier alpha value is -0.910. The maximum atomic E-state index is 9.23. The zero-order valence-electron chi connectivity index (χ0n) is 11.3. The molecule has 0 saturated carbocycles. The van der Waals surface area contributed by atoms with Gasteiger partial charge in [-0.2, -0.15) is 0 Å². The third-order valence-corrected chi connectivity index (χ3v) is 3.36. The van der Waals surface area contributed by atoms with Crippen LogP contribution in [0.5, 0.6) is 11.5 Å². The number of benzene rings is 1.